The highest BCUT2D eigenvalue weighted by atomic mass is 35.5. The Morgan fingerprint density at radius 1 is 1.18 bits per heavy atom. The molecule has 0 unspecified atom stereocenters. The van der Waals surface area contributed by atoms with Gasteiger partial charge in [0.05, 0.1) is 28.7 Å². The number of rotatable bonds is 5. The van der Waals surface area contributed by atoms with Crippen LogP contribution in [0.4, 0.5) is 17.1 Å². The van der Waals surface area contributed by atoms with Crippen LogP contribution in [-0.2, 0) is 4.74 Å². The van der Waals surface area contributed by atoms with Crippen molar-refractivity contribution in [3.63, 3.8) is 0 Å². The molecule has 3 rings (SSSR count). The van der Waals surface area contributed by atoms with Crippen LogP contribution in [0.3, 0.4) is 0 Å². The highest BCUT2D eigenvalue weighted by Crippen LogP contribution is 2.30. The molecule has 1 fully saturated rings. The second-order valence-electron chi connectivity index (χ2n) is 6.01. The van der Waals surface area contributed by atoms with Crippen LogP contribution in [0.15, 0.2) is 36.4 Å². The first-order chi connectivity index (χ1) is 13.4. The quantitative estimate of drug-likeness (QED) is 0.579. The monoisotopic (exact) mass is 405 g/mol. The third-order valence-corrected chi connectivity index (χ3v) is 4.57. The molecule has 0 radical (unpaired) electrons. The van der Waals surface area contributed by atoms with E-state index >= 15 is 0 Å². The van der Waals surface area contributed by atoms with Gasteiger partial charge in [-0.05, 0) is 30.3 Å². The fourth-order valence-electron chi connectivity index (χ4n) is 2.85. The third kappa shape index (κ3) is 4.21. The van der Waals surface area contributed by atoms with Crippen LogP contribution in [0.2, 0.25) is 5.02 Å². The molecule has 0 saturated carbocycles. The Morgan fingerprint density at radius 2 is 1.89 bits per heavy atom. The summed E-state index contributed by atoms with van der Waals surface area (Å²) in [6.07, 6.45) is 0. The molecule has 0 bridgehead atoms. The number of ether oxygens (including phenoxy) is 1. The highest BCUT2D eigenvalue weighted by molar-refractivity contribution is 6.33. The number of carboxylic acid groups (broad SMARTS) is 1. The maximum atomic E-state index is 12.5. The Bertz CT molecular complexity index is 943. The molecule has 0 atom stereocenters. The largest absolute Gasteiger partial charge is 0.478 e. The molecular weight excluding hydrogens is 390 g/mol. The van der Waals surface area contributed by atoms with E-state index in [1.807, 2.05) is 4.90 Å². The summed E-state index contributed by atoms with van der Waals surface area (Å²) >= 11 is 5.81. The molecule has 1 amide bonds. The van der Waals surface area contributed by atoms with E-state index in [0.717, 1.165) is 0 Å². The molecule has 10 heteroatoms. The van der Waals surface area contributed by atoms with Gasteiger partial charge in [0.1, 0.15) is 5.69 Å². The zero-order valence-corrected chi connectivity index (χ0v) is 15.3. The lowest BCUT2D eigenvalue weighted by molar-refractivity contribution is -0.384. The zero-order valence-electron chi connectivity index (χ0n) is 14.6. The van der Waals surface area contributed by atoms with Crippen molar-refractivity contribution in [3.05, 3.63) is 62.7 Å². The van der Waals surface area contributed by atoms with Gasteiger partial charge < -0.3 is 20.1 Å². The summed E-state index contributed by atoms with van der Waals surface area (Å²) in [6.45, 7) is 1.99. The molecule has 0 aromatic heterocycles. The predicted octanol–water partition coefficient (Wildman–Crippen LogP) is 3.04. The van der Waals surface area contributed by atoms with Gasteiger partial charge in [0.15, 0.2) is 0 Å². The van der Waals surface area contributed by atoms with Crippen LogP contribution in [0.1, 0.15) is 20.7 Å². The van der Waals surface area contributed by atoms with E-state index in [0.29, 0.717) is 32.0 Å². The summed E-state index contributed by atoms with van der Waals surface area (Å²) < 4.78 is 5.26. The topological polar surface area (TPSA) is 122 Å². The molecule has 2 N–H and O–H groups in total. The molecule has 9 nitrogen and oxygen atoms in total. The molecule has 1 heterocycles. The lowest BCUT2D eigenvalue weighted by Gasteiger charge is -2.28. The summed E-state index contributed by atoms with van der Waals surface area (Å²) in [4.78, 5) is 36.4. The van der Waals surface area contributed by atoms with Gasteiger partial charge in [-0.1, -0.05) is 11.6 Å². The number of hydrogen-bond donors (Lipinski definition) is 2. The number of nitrogens with one attached hydrogen (secondary N) is 1. The fraction of sp³-hybridized carbons (Fsp3) is 0.222. The van der Waals surface area contributed by atoms with Crippen molar-refractivity contribution in [3.8, 4) is 0 Å². The second-order valence-corrected chi connectivity index (χ2v) is 6.42. The van der Waals surface area contributed by atoms with Gasteiger partial charge in [-0.3, -0.25) is 14.9 Å². The fourth-order valence-corrected chi connectivity index (χ4v) is 3.05. The molecule has 146 valence electrons. The maximum Gasteiger partial charge on any atom is 0.337 e. The van der Waals surface area contributed by atoms with Crippen LogP contribution in [0, 0.1) is 10.1 Å². The first-order valence-corrected chi connectivity index (χ1v) is 8.70. The summed E-state index contributed by atoms with van der Waals surface area (Å²) in [5, 5.41) is 23.2. The molecular formula is C18H16ClN3O6. The highest BCUT2D eigenvalue weighted by Gasteiger charge is 2.23. The number of carbonyl (C=O) groups is 2. The predicted molar refractivity (Wildman–Crippen MR) is 102 cm³/mol. The number of anilines is 2. The van der Waals surface area contributed by atoms with Gasteiger partial charge in [-0.2, -0.15) is 0 Å². The van der Waals surface area contributed by atoms with Crippen molar-refractivity contribution in [2.75, 3.05) is 36.5 Å². The molecule has 1 aliphatic heterocycles. The minimum Gasteiger partial charge on any atom is -0.478 e. The van der Waals surface area contributed by atoms with Crippen LogP contribution < -0.4 is 10.2 Å². The van der Waals surface area contributed by atoms with Crippen LogP contribution in [0.5, 0.6) is 0 Å². The van der Waals surface area contributed by atoms with Crippen LogP contribution >= 0.6 is 11.6 Å². The Labute approximate surface area is 164 Å². The second kappa shape index (κ2) is 8.24. The third-order valence-electron chi connectivity index (χ3n) is 4.24. The van der Waals surface area contributed by atoms with Crippen molar-refractivity contribution in [1.29, 1.82) is 0 Å². The van der Waals surface area contributed by atoms with E-state index in [1.54, 1.807) is 0 Å². The number of carboxylic acids is 1. The van der Waals surface area contributed by atoms with Gasteiger partial charge in [0, 0.05) is 30.4 Å². The summed E-state index contributed by atoms with van der Waals surface area (Å²) in [7, 11) is 0. The average molecular weight is 406 g/mol. The van der Waals surface area contributed by atoms with Crippen molar-refractivity contribution < 1.29 is 24.4 Å². The number of aromatic carboxylic acids is 1. The maximum absolute atomic E-state index is 12.5. The Morgan fingerprint density at radius 3 is 2.54 bits per heavy atom. The number of nitro groups is 1. The van der Waals surface area contributed by atoms with Gasteiger partial charge >= 0.3 is 5.97 Å². The van der Waals surface area contributed by atoms with Gasteiger partial charge in [-0.15, -0.1) is 0 Å². The Kier molecular flexibility index (Phi) is 5.76. The van der Waals surface area contributed by atoms with Gasteiger partial charge in [-0.25, -0.2) is 4.79 Å². The SMILES string of the molecule is O=C(Nc1ccc(Cl)c(C(=O)O)c1)c1ccc(N2CCOCC2)c([N+](=O)[O-])c1. The summed E-state index contributed by atoms with van der Waals surface area (Å²) in [5.41, 5.74) is 0.372. The van der Waals surface area contributed by atoms with E-state index in [9.17, 15) is 19.7 Å². The standard InChI is InChI=1S/C18H16ClN3O6/c19-14-3-2-12(10-13(14)18(24)25)20-17(23)11-1-4-15(16(9-11)22(26)27)21-5-7-28-8-6-21/h1-4,9-10H,5-8H2,(H,20,23)(H,24,25). The van der Waals surface area contributed by atoms with Crippen molar-refractivity contribution in [2.24, 2.45) is 0 Å². The molecule has 2 aromatic carbocycles. The number of morpholine rings is 1. The molecule has 0 aliphatic carbocycles. The van der Waals surface area contributed by atoms with Crippen molar-refractivity contribution in [1.82, 2.24) is 0 Å². The minimum atomic E-state index is -1.23. The van der Waals surface area contributed by atoms with E-state index in [2.05, 4.69) is 5.32 Å². The molecule has 0 spiro atoms. The smallest absolute Gasteiger partial charge is 0.337 e. The summed E-state index contributed by atoms with van der Waals surface area (Å²) in [6, 6.07) is 8.24. The van der Waals surface area contributed by atoms with Crippen molar-refractivity contribution >= 4 is 40.5 Å². The molecule has 1 aliphatic rings. The van der Waals surface area contributed by atoms with Crippen LogP contribution in [0.25, 0.3) is 0 Å². The van der Waals surface area contributed by atoms with E-state index in [1.165, 1.54) is 36.4 Å². The Hall–Kier alpha value is -3.17. The van der Waals surface area contributed by atoms with Crippen LogP contribution in [-0.4, -0.2) is 48.2 Å². The number of amides is 1. The van der Waals surface area contributed by atoms with Gasteiger partial charge in [0.25, 0.3) is 11.6 Å². The average Bonchev–Trinajstić information content (AvgIpc) is 2.69. The number of nitro benzene ring substituents is 1. The van der Waals surface area contributed by atoms with Gasteiger partial charge in [0.2, 0.25) is 0 Å². The number of carbonyl (C=O) groups excluding carboxylic acids is 1. The van der Waals surface area contributed by atoms with E-state index in [4.69, 9.17) is 21.4 Å². The number of hydrogen-bond acceptors (Lipinski definition) is 6. The number of halogens is 1. The first-order valence-electron chi connectivity index (χ1n) is 8.32. The first kappa shape index (κ1) is 19.6. The van der Waals surface area contributed by atoms with E-state index in [-0.39, 0.29) is 27.5 Å². The molecule has 1 saturated heterocycles. The lowest BCUT2D eigenvalue weighted by atomic mass is 10.1. The lowest BCUT2D eigenvalue weighted by Crippen LogP contribution is -2.36. The normalized spacial score (nSPS) is 13.8. The number of nitrogens with zero attached hydrogens (tertiary/aromatic N) is 2. The molecule has 28 heavy (non-hydrogen) atoms. The Balaban J connectivity index is 1.86. The van der Waals surface area contributed by atoms with Crippen molar-refractivity contribution in [2.45, 2.75) is 0 Å². The van der Waals surface area contributed by atoms with E-state index < -0.39 is 16.8 Å². The summed E-state index contributed by atoms with van der Waals surface area (Å²) in [5.74, 6) is -1.83. The zero-order chi connectivity index (χ0) is 20.3. The molecule has 2 aromatic rings. The number of benzene rings is 2. The minimum absolute atomic E-state index is 0.0380.